The first-order valence-electron chi connectivity index (χ1n) is 13.4. The maximum atomic E-state index is 13.5. The van der Waals surface area contributed by atoms with Gasteiger partial charge in [-0.05, 0) is 107 Å². The topological polar surface area (TPSA) is 35.6 Å². The first-order valence-corrected chi connectivity index (χ1v) is 13.4. The number of rotatable bonds is 7. The van der Waals surface area contributed by atoms with Crippen molar-refractivity contribution in [2.24, 2.45) is 5.41 Å². The van der Waals surface area contributed by atoms with E-state index in [4.69, 9.17) is 0 Å². The second kappa shape index (κ2) is 11.7. The first kappa shape index (κ1) is 30.3. The highest BCUT2D eigenvalue weighted by atomic mass is 19.4. The van der Waals surface area contributed by atoms with Crippen LogP contribution in [0.2, 0.25) is 0 Å². The van der Waals surface area contributed by atoms with E-state index in [1.165, 1.54) is 12.1 Å². The molecule has 0 aromatic heterocycles. The fraction of sp³-hybridized carbons (Fsp3) is 0.552. The van der Waals surface area contributed by atoms with Crippen molar-refractivity contribution in [1.29, 1.82) is 0 Å². The number of halogens is 7. The molecule has 1 aliphatic carbocycles. The van der Waals surface area contributed by atoms with Crippen LogP contribution in [-0.4, -0.2) is 55.5 Å². The number of likely N-dealkylation sites (tertiary alicyclic amines) is 1. The summed E-state index contributed by atoms with van der Waals surface area (Å²) in [5, 5.41) is 2.65. The average molecular weight is 574 g/mol. The number of nitrogens with one attached hydrogen (secondary N) is 1. The van der Waals surface area contributed by atoms with E-state index in [1.54, 1.807) is 0 Å². The lowest BCUT2D eigenvalue weighted by Crippen LogP contribution is -2.47. The molecule has 0 spiro atoms. The Morgan fingerprint density at radius 2 is 1.52 bits per heavy atom. The molecule has 11 heteroatoms. The van der Waals surface area contributed by atoms with E-state index in [2.05, 4.69) is 10.2 Å². The highest BCUT2D eigenvalue weighted by molar-refractivity contribution is 5.83. The van der Waals surface area contributed by atoms with Crippen molar-refractivity contribution in [3.63, 3.8) is 0 Å². The van der Waals surface area contributed by atoms with E-state index in [0.29, 0.717) is 37.4 Å². The number of benzene rings is 2. The van der Waals surface area contributed by atoms with Gasteiger partial charge in [0.15, 0.2) is 0 Å². The van der Waals surface area contributed by atoms with Crippen LogP contribution in [0.5, 0.6) is 0 Å². The standard InChI is InChI=1S/C29H34F7N3O/c1-38(2)18-27(26(40)37-17-19-13-22(28(31,32)33)15-23(14-19)29(34,35)36)10-7-25(16-27)39-11-8-21(9-12-39)20-3-5-24(30)6-4-20/h3-6,13-15,21,25H,7-12,16-18H2,1-2H3,(H,37,40). The molecule has 4 rings (SSSR count). The molecule has 1 heterocycles. The summed E-state index contributed by atoms with van der Waals surface area (Å²) in [6.45, 7) is 1.64. The molecule has 1 saturated heterocycles. The van der Waals surface area contributed by atoms with Crippen LogP contribution >= 0.6 is 0 Å². The lowest BCUT2D eigenvalue weighted by molar-refractivity contribution is -0.143. The largest absolute Gasteiger partial charge is 0.416 e. The van der Waals surface area contributed by atoms with Crippen molar-refractivity contribution in [3.8, 4) is 0 Å². The Kier molecular flexibility index (Phi) is 8.85. The zero-order chi connectivity index (χ0) is 29.3. The first-order chi connectivity index (χ1) is 18.7. The van der Waals surface area contributed by atoms with Gasteiger partial charge < -0.3 is 15.1 Å². The normalized spacial score (nSPS) is 23.1. The highest BCUT2D eigenvalue weighted by Crippen LogP contribution is 2.43. The van der Waals surface area contributed by atoms with Gasteiger partial charge >= 0.3 is 12.4 Å². The number of piperidine rings is 1. The van der Waals surface area contributed by atoms with Crippen molar-refractivity contribution in [2.75, 3.05) is 33.7 Å². The number of hydrogen-bond donors (Lipinski definition) is 1. The van der Waals surface area contributed by atoms with Gasteiger partial charge in [0.05, 0.1) is 16.5 Å². The van der Waals surface area contributed by atoms with Crippen LogP contribution in [0, 0.1) is 11.2 Å². The second-order valence-corrected chi connectivity index (χ2v) is 11.4. The predicted molar refractivity (Wildman–Crippen MR) is 137 cm³/mol. The van der Waals surface area contributed by atoms with E-state index in [0.717, 1.165) is 37.9 Å². The van der Waals surface area contributed by atoms with Crippen LogP contribution in [0.3, 0.4) is 0 Å². The minimum absolute atomic E-state index is 0.0830. The summed E-state index contributed by atoms with van der Waals surface area (Å²) in [7, 11) is 3.66. The maximum absolute atomic E-state index is 13.5. The molecule has 2 unspecified atom stereocenters. The fourth-order valence-electron chi connectivity index (χ4n) is 6.26. The zero-order valence-corrected chi connectivity index (χ0v) is 22.5. The molecule has 4 nitrogen and oxygen atoms in total. The number of alkyl halides is 6. The van der Waals surface area contributed by atoms with Crippen LogP contribution in [-0.2, 0) is 23.7 Å². The van der Waals surface area contributed by atoms with Crippen LogP contribution < -0.4 is 5.32 Å². The van der Waals surface area contributed by atoms with Gasteiger partial charge in [-0.25, -0.2) is 4.39 Å². The number of carbonyl (C=O) groups is 1. The van der Waals surface area contributed by atoms with Crippen LogP contribution in [0.25, 0.3) is 0 Å². The molecule has 2 fully saturated rings. The predicted octanol–water partition coefficient (Wildman–Crippen LogP) is 6.46. The van der Waals surface area contributed by atoms with Gasteiger partial charge in [-0.3, -0.25) is 4.79 Å². The quantitative estimate of drug-likeness (QED) is 0.387. The summed E-state index contributed by atoms with van der Waals surface area (Å²) in [4.78, 5) is 17.8. The molecule has 40 heavy (non-hydrogen) atoms. The van der Waals surface area contributed by atoms with E-state index in [-0.39, 0.29) is 29.4 Å². The Morgan fingerprint density at radius 1 is 0.950 bits per heavy atom. The van der Waals surface area contributed by atoms with E-state index < -0.39 is 35.4 Å². The third kappa shape index (κ3) is 7.15. The Morgan fingerprint density at radius 3 is 2.05 bits per heavy atom. The molecule has 1 aliphatic heterocycles. The average Bonchev–Trinajstić information content (AvgIpc) is 3.31. The van der Waals surface area contributed by atoms with E-state index in [9.17, 15) is 35.5 Å². The van der Waals surface area contributed by atoms with Gasteiger partial charge in [0.25, 0.3) is 0 Å². The second-order valence-electron chi connectivity index (χ2n) is 11.4. The molecule has 0 bridgehead atoms. The molecule has 2 aliphatic rings. The SMILES string of the molecule is CN(C)CC1(C(=O)NCc2cc(C(F)(F)F)cc(C(F)(F)F)c2)CCC(N2CCC(c3ccc(F)cc3)CC2)C1. The van der Waals surface area contributed by atoms with Gasteiger partial charge in [-0.15, -0.1) is 0 Å². The van der Waals surface area contributed by atoms with Gasteiger partial charge in [0, 0.05) is 19.1 Å². The van der Waals surface area contributed by atoms with Crippen molar-refractivity contribution in [2.45, 2.75) is 63.0 Å². The van der Waals surface area contributed by atoms with Gasteiger partial charge in [0.1, 0.15) is 5.82 Å². The number of nitrogens with zero attached hydrogens (tertiary/aromatic N) is 2. The summed E-state index contributed by atoms with van der Waals surface area (Å²) >= 11 is 0. The lowest BCUT2D eigenvalue weighted by Gasteiger charge is -2.37. The Bertz CT molecular complexity index is 1140. The number of amides is 1. The molecule has 0 radical (unpaired) electrons. The van der Waals surface area contributed by atoms with Gasteiger partial charge in [-0.2, -0.15) is 26.3 Å². The molecule has 2 aromatic carbocycles. The molecule has 2 aromatic rings. The molecule has 1 saturated carbocycles. The van der Waals surface area contributed by atoms with Crippen molar-refractivity contribution < 1.29 is 35.5 Å². The Hall–Kier alpha value is -2.66. The molecular weight excluding hydrogens is 539 g/mol. The van der Waals surface area contributed by atoms with E-state index >= 15 is 0 Å². The minimum atomic E-state index is -4.95. The van der Waals surface area contributed by atoms with Crippen molar-refractivity contribution in [3.05, 3.63) is 70.5 Å². The Balaban J connectivity index is 1.43. The monoisotopic (exact) mass is 573 g/mol. The van der Waals surface area contributed by atoms with Gasteiger partial charge in [0.2, 0.25) is 5.91 Å². The summed E-state index contributed by atoms with van der Waals surface area (Å²) in [5.41, 5.74) is -2.76. The molecule has 1 amide bonds. The minimum Gasteiger partial charge on any atom is -0.352 e. The molecule has 1 N–H and O–H groups in total. The van der Waals surface area contributed by atoms with Crippen molar-refractivity contribution in [1.82, 2.24) is 15.1 Å². The lowest BCUT2D eigenvalue weighted by atomic mass is 9.83. The molecule has 2 atom stereocenters. The number of carbonyl (C=O) groups excluding carboxylic acids is 1. The maximum Gasteiger partial charge on any atom is 0.416 e. The molecule has 220 valence electrons. The summed E-state index contributed by atoms with van der Waals surface area (Å²) in [6.07, 6.45) is -6.20. The van der Waals surface area contributed by atoms with Crippen molar-refractivity contribution >= 4 is 5.91 Å². The smallest absolute Gasteiger partial charge is 0.352 e. The summed E-state index contributed by atoms with van der Waals surface area (Å²) in [6, 6.07) is 8.10. The molecular formula is C29H34F7N3O. The van der Waals surface area contributed by atoms with Crippen LogP contribution in [0.4, 0.5) is 30.7 Å². The summed E-state index contributed by atoms with van der Waals surface area (Å²) < 4.78 is 92.9. The Labute approximate surface area is 229 Å². The van der Waals surface area contributed by atoms with Crippen LogP contribution in [0.1, 0.15) is 60.3 Å². The van der Waals surface area contributed by atoms with Gasteiger partial charge in [-0.1, -0.05) is 12.1 Å². The third-order valence-electron chi connectivity index (χ3n) is 8.17. The summed E-state index contributed by atoms with van der Waals surface area (Å²) in [5.74, 6) is -0.297. The fourth-order valence-corrected chi connectivity index (χ4v) is 6.26. The number of hydrogen-bond acceptors (Lipinski definition) is 3. The zero-order valence-electron chi connectivity index (χ0n) is 22.5. The third-order valence-corrected chi connectivity index (χ3v) is 8.17. The van der Waals surface area contributed by atoms with Crippen LogP contribution in [0.15, 0.2) is 42.5 Å². The van der Waals surface area contributed by atoms with E-state index in [1.807, 2.05) is 31.1 Å². The highest BCUT2D eigenvalue weighted by Gasteiger charge is 2.47.